The van der Waals surface area contributed by atoms with Crippen molar-refractivity contribution in [2.24, 2.45) is 5.73 Å². The molecule has 0 radical (unpaired) electrons. The molecular weight excluding hydrogens is 220 g/mol. The lowest BCUT2D eigenvalue weighted by Crippen LogP contribution is -2.50. The van der Waals surface area contributed by atoms with Crippen molar-refractivity contribution in [3.63, 3.8) is 0 Å². The quantitative estimate of drug-likeness (QED) is 0.769. The Balaban J connectivity index is 2.58. The molecule has 0 atom stereocenters. The van der Waals surface area contributed by atoms with E-state index in [4.69, 9.17) is 5.73 Å². The number of benzene rings is 1. The van der Waals surface area contributed by atoms with Gasteiger partial charge in [0.15, 0.2) is 0 Å². The standard InChI is InChI=1S/C12H18N2OS/c1-12(2,11(13)15)14-8-9-4-6-10(16-3)7-5-9/h4-7,14H,8H2,1-3H3,(H2,13,15). The number of primary amides is 1. The molecular formula is C12H18N2OS. The minimum atomic E-state index is -0.668. The highest BCUT2D eigenvalue weighted by Gasteiger charge is 2.23. The Morgan fingerprint density at radius 1 is 1.38 bits per heavy atom. The van der Waals surface area contributed by atoms with E-state index in [1.807, 2.05) is 6.26 Å². The number of hydrogen-bond donors (Lipinski definition) is 2. The molecule has 0 unspecified atom stereocenters. The Kier molecular flexibility index (Phi) is 4.38. The smallest absolute Gasteiger partial charge is 0.237 e. The maximum atomic E-state index is 11.1. The second-order valence-electron chi connectivity index (χ2n) is 4.19. The molecule has 4 heteroatoms. The van der Waals surface area contributed by atoms with Gasteiger partial charge in [0.25, 0.3) is 0 Å². The predicted molar refractivity (Wildman–Crippen MR) is 68.3 cm³/mol. The van der Waals surface area contributed by atoms with Gasteiger partial charge in [-0.15, -0.1) is 11.8 Å². The van der Waals surface area contributed by atoms with Crippen molar-refractivity contribution in [2.75, 3.05) is 6.26 Å². The van der Waals surface area contributed by atoms with Crippen molar-refractivity contribution < 1.29 is 4.79 Å². The first kappa shape index (κ1) is 13.1. The normalized spacial score (nSPS) is 11.4. The third kappa shape index (κ3) is 3.54. The summed E-state index contributed by atoms with van der Waals surface area (Å²) in [5.41, 5.74) is 5.75. The highest BCUT2D eigenvalue weighted by Crippen LogP contribution is 2.15. The van der Waals surface area contributed by atoms with Crippen LogP contribution in [0.1, 0.15) is 19.4 Å². The Hall–Kier alpha value is -1.00. The molecule has 0 bridgehead atoms. The van der Waals surface area contributed by atoms with Gasteiger partial charge in [-0.25, -0.2) is 0 Å². The van der Waals surface area contributed by atoms with Crippen molar-refractivity contribution in [2.45, 2.75) is 30.8 Å². The fourth-order valence-corrected chi connectivity index (χ4v) is 1.56. The predicted octanol–water partition coefficient (Wildman–Crippen LogP) is 1.76. The van der Waals surface area contributed by atoms with Gasteiger partial charge in [-0.2, -0.15) is 0 Å². The van der Waals surface area contributed by atoms with Gasteiger partial charge in [0, 0.05) is 11.4 Å². The summed E-state index contributed by atoms with van der Waals surface area (Å²) < 4.78 is 0. The third-order valence-electron chi connectivity index (χ3n) is 2.51. The lowest BCUT2D eigenvalue weighted by atomic mass is 10.0. The van der Waals surface area contributed by atoms with E-state index in [0.29, 0.717) is 6.54 Å². The molecule has 0 spiro atoms. The Morgan fingerprint density at radius 3 is 2.38 bits per heavy atom. The summed E-state index contributed by atoms with van der Waals surface area (Å²) in [7, 11) is 0. The monoisotopic (exact) mass is 238 g/mol. The summed E-state index contributed by atoms with van der Waals surface area (Å²) in [6.07, 6.45) is 2.05. The van der Waals surface area contributed by atoms with Gasteiger partial charge in [-0.3, -0.25) is 10.1 Å². The van der Waals surface area contributed by atoms with Gasteiger partial charge in [0.2, 0.25) is 5.91 Å². The first-order valence-corrected chi connectivity index (χ1v) is 6.36. The van der Waals surface area contributed by atoms with Gasteiger partial charge in [-0.1, -0.05) is 12.1 Å². The first-order chi connectivity index (χ1) is 7.45. The van der Waals surface area contributed by atoms with Crippen molar-refractivity contribution >= 4 is 17.7 Å². The van der Waals surface area contributed by atoms with Crippen LogP contribution in [-0.2, 0) is 11.3 Å². The highest BCUT2D eigenvalue weighted by atomic mass is 32.2. The topological polar surface area (TPSA) is 55.1 Å². The molecule has 1 amide bonds. The second-order valence-corrected chi connectivity index (χ2v) is 5.07. The number of thioether (sulfide) groups is 1. The van der Waals surface area contributed by atoms with Crippen LogP contribution >= 0.6 is 11.8 Å². The minimum Gasteiger partial charge on any atom is -0.368 e. The molecule has 1 aromatic carbocycles. The molecule has 1 aromatic rings. The highest BCUT2D eigenvalue weighted by molar-refractivity contribution is 7.98. The molecule has 0 heterocycles. The van der Waals surface area contributed by atoms with Crippen LogP contribution in [0.2, 0.25) is 0 Å². The summed E-state index contributed by atoms with van der Waals surface area (Å²) in [5.74, 6) is -0.340. The number of nitrogens with two attached hydrogens (primary N) is 1. The maximum absolute atomic E-state index is 11.1. The van der Waals surface area contributed by atoms with E-state index < -0.39 is 5.54 Å². The summed E-state index contributed by atoms with van der Waals surface area (Å²) in [4.78, 5) is 12.3. The number of carbonyl (C=O) groups is 1. The SMILES string of the molecule is CSc1ccc(CNC(C)(C)C(N)=O)cc1. The molecule has 88 valence electrons. The summed E-state index contributed by atoms with van der Waals surface area (Å²) >= 11 is 1.71. The fraction of sp³-hybridized carbons (Fsp3) is 0.417. The average molecular weight is 238 g/mol. The van der Waals surface area contributed by atoms with E-state index in [9.17, 15) is 4.79 Å². The number of nitrogens with one attached hydrogen (secondary N) is 1. The molecule has 16 heavy (non-hydrogen) atoms. The summed E-state index contributed by atoms with van der Waals surface area (Å²) in [6, 6.07) is 8.24. The molecule has 3 N–H and O–H groups in total. The van der Waals surface area contributed by atoms with Crippen molar-refractivity contribution in [3.05, 3.63) is 29.8 Å². The maximum Gasteiger partial charge on any atom is 0.237 e. The van der Waals surface area contributed by atoms with Crippen LogP contribution in [0, 0.1) is 0 Å². The number of amides is 1. The van der Waals surface area contributed by atoms with Gasteiger partial charge in [0.1, 0.15) is 0 Å². The zero-order valence-electron chi connectivity index (χ0n) is 9.91. The number of hydrogen-bond acceptors (Lipinski definition) is 3. The Labute approximate surface area is 101 Å². The lowest BCUT2D eigenvalue weighted by Gasteiger charge is -2.22. The third-order valence-corrected chi connectivity index (χ3v) is 3.25. The molecule has 0 saturated carbocycles. The van der Waals surface area contributed by atoms with Crippen molar-refractivity contribution in [1.82, 2.24) is 5.32 Å². The van der Waals surface area contributed by atoms with E-state index in [1.54, 1.807) is 25.6 Å². The minimum absolute atomic E-state index is 0.340. The largest absolute Gasteiger partial charge is 0.368 e. The zero-order valence-corrected chi connectivity index (χ0v) is 10.7. The molecule has 0 aliphatic carbocycles. The van der Waals surface area contributed by atoms with E-state index in [-0.39, 0.29) is 5.91 Å². The van der Waals surface area contributed by atoms with Crippen LogP contribution in [0.4, 0.5) is 0 Å². The molecule has 0 aliphatic heterocycles. The van der Waals surface area contributed by atoms with Crippen LogP contribution in [0.25, 0.3) is 0 Å². The van der Waals surface area contributed by atoms with Crippen LogP contribution in [0.3, 0.4) is 0 Å². The molecule has 1 rings (SSSR count). The van der Waals surface area contributed by atoms with Crippen molar-refractivity contribution in [1.29, 1.82) is 0 Å². The Bertz CT molecular complexity index is 360. The first-order valence-electron chi connectivity index (χ1n) is 5.13. The van der Waals surface area contributed by atoms with Gasteiger partial charge in [-0.05, 0) is 37.8 Å². The number of rotatable bonds is 5. The molecule has 0 aromatic heterocycles. The van der Waals surface area contributed by atoms with Gasteiger partial charge >= 0.3 is 0 Å². The van der Waals surface area contributed by atoms with Crippen LogP contribution in [-0.4, -0.2) is 17.7 Å². The van der Waals surface area contributed by atoms with E-state index >= 15 is 0 Å². The second kappa shape index (κ2) is 5.37. The van der Waals surface area contributed by atoms with Gasteiger partial charge in [0.05, 0.1) is 5.54 Å². The summed E-state index contributed by atoms with van der Waals surface area (Å²) in [6.45, 7) is 4.21. The van der Waals surface area contributed by atoms with Gasteiger partial charge < -0.3 is 5.73 Å². The van der Waals surface area contributed by atoms with E-state index in [1.165, 1.54) is 4.90 Å². The number of carbonyl (C=O) groups excluding carboxylic acids is 1. The van der Waals surface area contributed by atoms with E-state index in [0.717, 1.165) is 5.56 Å². The lowest BCUT2D eigenvalue weighted by molar-refractivity contribution is -0.123. The van der Waals surface area contributed by atoms with Crippen LogP contribution in [0.15, 0.2) is 29.2 Å². The molecule has 0 saturated heterocycles. The zero-order chi connectivity index (χ0) is 12.2. The van der Waals surface area contributed by atoms with E-state index in [2.05, 4.69) is 29.6 Å². The Morgan fingerprint density at radius 2 is 1.94 bits per heavy atom. The van der Waals surface area contributed by atoms with Crippen LogP contribution in [0.5, 0.6) is 0 Å². The fourth-order valence-electron chi connectivity index (χ4n) is 1.15. The molecule has 3 nitrogen and oxygen atoms in total. The molecule has 0 aliphatic rings. The van der Waals surface area contributed by atoms with Crippen LogP contribution < -0.4 is 11.1 Å². The summed E-state index contributed by atoms with van der Waals surface area (Å²) in [5, 5.41) is 3.13. The van der Waals surface area contributed by atoms with Crippen molar-refractivity contribution in [3.8, 4) is 0 Å². The average Bonchev–Trinajstić information content (AvgIpc) is 2.27. The molecule has 0 fully saturated rings.